The van der Waals surface area contributed by atoms with Gasteiger partial charge in [0.1, 0.15) is 16.5 Å². The van der Waals surface area contributed by atoms with Crippen molar-refractivity contribution in [2.24, 2.45) is 0 Å². The Morgan fingerprint density at radius 2 is 2.14 bits per heavy atom. The molecule has 1 heterocycles. The van der Waals surface area contributed by atoms with Crippen LogP contribution in [-0.4, -0.2) is 8.42 Å². The summed E-state index contributed by atoms with van der Waals surface area (Å²) in [5.74, 6) is 0.0188. The van der Waals surface area contributed by atoms with Crippen LogP contribution in [0.4, 0.5) is 4.39 Å². The van der Waals surface area contributed by atoms with Crippen LogP contribution in [0.15, 0.2) is 44.3 Å². The quantitative estimate of drug-likeness (QED) is 0.894. The summed E-state index contributed by atoms with van der Waals surface area (Å²) in [5, 5.41) is 0. The van der Waals surface area contributed by atoms with Gasteiger partial charge in [-0.25, -0.2) is 17.5 Å². The van der Waals surface area contributed by atoms with Gasteiger partial charge >= 0.3 is 0 Å². The molecule has 1 aliphatic carbocycles. The van der Waals surface area contributed by atoms with Crippen molar-refractivity contribution in [1.29, 1.82) is 0 Å². The molecule has 7 heteroatoms. The fourth-order valence-corrected chi connectivity index (χ4v) is 4.20. The van der Waals surface area contributed by atoms with Crippen molar-refractivity contribution in [1.82, 2.24) is 4.72 Å². The Bertz CT molecular complexity index is 772. The summed E-state index contributed by atoms with van der Waals surface area (Å²) in [5.41, 5.74) is 0.836. The summed E-state index contributed by atoms with van der Waals surface area (Å²) < 4.78 is 47.0. The lowest BCUT2D eigenvalue weighted by Gasteiger charge is -2.22. The Labute approximate surface area is 130 Å². The number of sulfonamides is 1. The van der Waals surface area contributed by atoms with Gasteiger partial charge in [-0.05, 0) is 37.1 Å². The Hall–Kier alpha value is -1.18. The predicted molar refractivity (Wildman–Crippen MR) is 78.8 cm³/mol. The molecule has 0 radical (unpaired) electrons. The molecule has 0 amide bonds. The lowest BCUT2D eigenvalue weighted by molar-refractivity contribution is 0.437. The number of nitrogens with one attached hydrogen (secondary N) is 1. The van der Waals surface area contributed by atoms with Gasteiger partial charge in [-0.15, -0.1) is 0 Å². The van der Waals surface area contributed by atoms with Crippen molar-refractivity contribution >= 4 is 26.0 Å². The lowest BCUT2D eigenvalue weighted by atomic mass is 9.94. The molecule has 0 aliphatic heterocycles. The molecule has 1 N–H and O–H groups in total. The Morgan fingerprint density at radius 3 is 2.90 bits per heavy atom. The standard InChI is InChI=1S/C14H13BrFNO3S/c15-9-4-5-14(11(16)8-9)21(18,19)17-12-2-1-3-13-10(12)6-7-20-13/h4-8,12,17H,1-3H2. The first-order valence-electron chi connectivity index (χ1n) is 6.51. The molecule has 1 atom stereocenters. The highest BCUT2D eigenvalue weighted by atomic mass is 79.9. The fourth-order valence-electron chi connectivity index (χ4n) is 2.55. The summed E-state index contributed by atoms with van der Waals surface area (Å²) in [6, 6.07) is 5.28. The second-order valence-corrected chi connectivity index (χ2v) is 7.54. The van der Waals surface area contributed by atoms with E-state index in [-0.39, 0.29) is 10.9 Å². The minimum absolute atomic E-state index is 0.346. The third kappa shape index (κ3) is 2.90. The van der Waals surface area contributed by atoms with Crippen LogP contribution in [0.5, 0.6) is 0 Å². The van der Waals surface area contributed by atoms with E-state index < -0.39 is 15.8 Å². The zero-order valence-corrected chi connectivity index (χ0v) is 13.4. The Morgan fingerprint density at radius 1 is 1.33 bits per heavy atom. The van der Waals surface area contributed by atoms with Gasteiger partial charge in [0.05, 0.1) is 12.3 Å². The monoisotopic (exact) mass is 373 g/mol. The van der Waals surface area contributed by atoms with Crippen LogP contribution in [0.3, 0.4) is 0 Å². The van der Waals surface area contributed by atoms with Gasteiger partial charge in [-0.3, -0.25) is 0 Å². The number of furan rings is 1. The molecule has 1 aromatic carbocycles. The number of hydrogen-bond acceptors (Lipinski definition) is 3. The topological polar surface area (TPSA) is 59.3 Å². The van der Waals surface area contributed by atoms with E-state index in [1.165, 1.54) is 12.1 Å². The van der Waals surface area contributed by atoms with E-state index in [4.69, 9.17) is 4.42 Å². The number of rotatable bonds is 3. The summed E-state index contributed by atoms with van der Waals surface area (Å²) in [7, 11) is -3.92. The van der Waals surface area contributed by atoms with Crippen LogP contribution in [0, 0.1) is 5.82 Å². The van der Waals surface area contributed by atoms with Crippen molar-refractivity contribution in [3.05, 3.63) is 52.1 Å². The van der Waals surface area contributed by atoms with Crippen molar-refractivity contribution in [2.75, 3.05) is 0 Å². The first-order valence-corrected chi connectivity index (χ1v) is 8.78. The molecule has 0 saturated heterocycles. The van der Waals surface area contributed by atoms with Crippen LogP contribution in [-0.2, 0) is 16.4 Å². The molecule has 0 bridgehead atoms. The van der Waals surface area contributed by atoms with E-state index in [2.05, 4.69) is 20.7 Å². The second-order valence-electron chi connectivity index (χ2n) is 4.94. The Kier molecular flexibility index (Phi) is 3.90. The molecular weight excluding hydrogens is 361 g/mol. The average Bonchev–Trinajstić information content (AvgIpc) is 2.87. The number of benzene rings is 1. The molecule has 1 aliphatic rings. The number of halogens is 2. The third-order valence-electron chi connectivity index (χ3n) is 3.53. The minimum Gasteiger partial charge on any atom is -0.469 e. The van der Waals surface area contributed by atoms with E-state index in [1.54, 1.807) is 12.3 Å². The largest absolute Gasteiger partial charge is 0.469 e. The van der Waals surface area contributed by atoms with Crippen molar-refractivity contribution in [3.8, 4) is 0 Å². The van der Waals surface area contributed by atoms with Gasteiger partial charge in [0.25, 0.3) is 0 Å². The molecule has 3 rings (SSSR count). The number of fused-ring (bicyclic) bond motifs is 1. The fraction of sp³-hybridized carbons (Fsp3) is 0.286. The Balaban J connectivity index is 1.91. The number of aryl methyl sites for hydroxylation is 1. The summed E-state index contributed by atoms with van der Waals surface area (Å²) in [4.78, 5) is -0.346. The average molecular weight is 374 g/mol. The molecule has 1 aromatic heterocycles. The smallest absolute Gasteiger partial charge is 0.244 e. The molecule has 0 fully saturated rings. The van der Waals surface area contributed by atoms with Gasteiger partial charge in [-0.2, -0.15) is 0 Å². The third-order valence-corrected chi connectivity index (χ3v) is 5.53. The molecule has 21 heavy (non-hydrogen) atoms. The van der Waals surface area contributed by atoms with Gasteiger partial charge in [0.15, 0.2) is 0 Å². The highest BCUT2D eigenvalue weighted by molar-refractivity contribution is 9.10. The summed E-state index contributed by atoms with van der Waals surface area (Å²) >= 11 is 3.11. The lowest BCUT2D eigenvalue weighted by Crippen LogP contribution is -2.31. The SMILES string of the molecule is O=S(=O)(NC1CCCc2occc21)c1ccc(Br)cc1F. The van der Waals surface area contributed by atoms with Crippen LogP contribution in [0.1, 0.15) is 30.2 Å². The van der Waals surface area contributed by atoms with Crippen LogP contribution >= 0.6 is 15.9 Å². The molecular formula is C14H13BrFNO3S. The van der Waals surface area contributed by atoms with E-state index >= 15 is 0 Å². The van der Waals surface area contributed by atoms with Crippen LogP contribution in [0.25, 0.3) is 0 Å². The van der Waals surface area contributed by atoms with Crippen molar-refractivity contribution in [2.45, 2.75) is 30.2 Å². The zero-order chi connectivity index (χ0) is 15.0. The van der Waals surface area contributed by atoms with Gasteiger partial charge in [0, 0.05) is 16.5 Å². The van der Waals surface area contributed by atoms with Crippen LogP contribution < -0.4 is 4.72 Å². The van der Waals surface area contributed by atoms with Crippen molar-refractivity contribution in [3.63, 3.8) is 0 Å². The molecule has 0 spiro atoms. The van der Waals surface area contributed by atoms with E-state index in [0.29, 0.717) is 10.9 Å². The summed E-state index contributed by atoms with van der Waals surface area (Å²) in [6.07, 6.45) is 3.85. The molecule has 1 unspecified atom stereocenters. The highest BCUT2D eigenvalue weighted by Crippen LogP contribution is 2.32. The zero-order valence-electron chi connectivity index (χ0n) is 11.0. The second kappa shape index (κ2) is 5.55. The maximum absolute atomic E-state index is 13.9. The normalized spacial score (nSPS) is 18.5. The minimum atomic E-state index is -3.92. The van der Waals surface area contributed by atoms with Gasteiger partial charge in [0.2, 0.25) is 10.0 Å². The summed E-state index contributed by atoms with van der Waals surface area (Å²) in [6.45, 7) is 0. The maximum atomic E-state index is 13.9. The molecule has 4 nitrogen and oxygen atoms in total. The predicted octanol–water partition coefficient (Wildman–Crippen LogP) is 3.54. The van der Waals surface area contributed by atoms with Gasteiger partial charge < -0.3 is 4.42 Å². The van der Waals surface area contributed by atoms with E-state index in [1.807, 2.05) is 0 Å². The van der Waals surface area contributed by atoms with Crippen molar-refractivity contribution < 1.29 is 17.2 Å². The first-order chi connectivity index (χ1) is 9.97. The van der Waals surface area contributed by atoms with E-state index in [0.717, 1.165) is 30.2 Å². The molecule has 2 aromatic rings. The van der Waals surface area contributed by atoms with Gasteiger partial charge in [-0.1, -0.05) is 15.9 Å². The highest BCUT2D eigenvalue weighted by Gasteiger charge is 2.28. The molecule has 0 saturated carbocycles. The number of hydrogen-bond donors (Lipinski definition) is 1. The molecule has 112 valence electrons. The van der Waals surface area contributed by atoms with Crippen LogP contribution in [0.2, 0.25) is 0 Å². The van der Waals surface area contributed by atoms with E-state index in [9.17, 15) is 12.8 Å². The first kappa shape index (κ1) is 14.7. The maximum Gasteiger partial charge on any atom is 0.244 e.